The average molecular weight is 332 g/mol. The first kappa shape index (κ1) is 16.8. The zero-order valence-corrected chi connectivity index (χ0v) is 13.3. The van der Waals surface area contributed by atoms with Crippen LogP contribution in [0.1, 0.15) is 12.0 Å². The number of carbonyl (C=O) groups excluding carboxylic acids is 2. The van der Waals surface area contributed by atoms with Crippen molar-refractivity contribution in [3.63, 3.8) is 0 Å². The zero-order chi connectivity index (χ0) is 16.5. The summed E-state index contributed by atoms with van der Waals surface area (Å²) >= 11 is 6.01. The maximum Gasteiger partial charge on any atom is 0.319 e. The number of para-hydroxylation sites is 1. The van der Waals surface area contributed by atoms with E-state index >= 15 is 0 Å². The molecule has 5 nitrogen and oxygen atoms in total. The fraction of sp³-hybridized carbons (Fsp3) is 0.176. The van der Waals surface area contributed by atoms with Gasteiger partial charge in [-0.05, 0) is 23.8 Å². The lowest BCUT2D eigenvalue weighted by atomic mass is 10.2. The van der Waals surface area contributed by atoms with Crippen LogP contribution in [0, 0.1) is 0 Å². The maximum absolute atomic E-state index is 11.7. The molecule has 120 valence electrons. The Bertz CT molecular complexity index is 662. The molecule has 0 radical (unpaired) electrons. The molecule has 2 rings (SSSR count). The molecule has 0 unspecified atom stereocenters. The number of halogens is 1. The highest BCUT2D eigenvalue weighted by Gasteiger charge is 2.05. The Kier molecular flexibility index (Phi) is 6.44. The summed E-state index contributed by atoms with van der Waals surface area (Å²) < 4.78 is 0. The van der Waals surface area contributed by atoms with Crippen molar-refractivity contribution in [3.05, 3.63) is 65.2 Å². The molecule has 2 aromatic carbocycles. The highest BCUT2D eigenvalue weighted by Crippen LogP contribution is 2.14. The number of carbonyl (C=O) groups is 2. The average Bonchev–Trinajstić information content (AvgIpc) is 2.55. The smallest absolute Gasteiger partial charge is 0.319 e. The molecule has 0 heterocycles. The lowest BCUT2D eigenvalue weighted by Crippen LogP contribution is -2.33. The minimum atomic E-state index is -0.338. The number of urea groups is 1. The molecule has 0 fully saturated rings. The van der Waals surface area contributed by atoms with E-state index in [0.717, 1.165) is 5.56 Å². The Morgan fingerprint density at radius 1 is 0.913 bits per heavy atom. The fourth-order valence-corrected chi connectivity index (χ4v) is 2.11. The van der Waals surface area contributed by atoms with E-state index in [4.69, 9.17) is 11.6 Å². The first-order valence-electron chi connectivity index (χ1n) is 7.25. The molecular formula is C17H18ClN3O2. The third-order valence-corrected chi connectivity index (χ3v) is 3.47. The Morgan fingerprint density at radius 3 is 2.35 bits per heavy atom. The molecule has 3 amide bonds. The summed E-state index contributed by atoms with van der Waals surface area (Å²) in [7, 11) is 0. The minimum Gasteiger partial charge on any atom is -0.352 e. The van der Waals surface area contributed by atoms with Crippen molar-refractivity contribution in [2.24, 2.45) is 0 Å². The second-order valence-corrected chi connectivity index (χ2v) is 5.27. The van der Waals surface area contributed by atoms with E-state index in [0.29, 0.717) is 17.3 Å². The van der Waals surface area contributed by atoms with Crippen LogP contribution in [-0.4, -0.2) is 18.5 Å². The zero-order valence-electron chi connectivity index (χ0n) is 12.5. The number of benzene rings is 2. The van der Waals surface area contributed by atoms with Gasteiger partial charge in [0.25, 0.3) is 0 Å². The van der Waals surface area contributed by atoms with Crippen LogP contribution in [0.4, 0.5) is 10.5 Å². The van der Waals surface area contributed by atoms with Crippen LogP contribution in [0.5, 0.6) is 0 Å². The quantitative estimate of drug-likeness (QED) is 0.761. The van der Waals surface area contributed by atoms with Crippen LogP contribution < -0.4 is 16.0 Å². The Hall–Kier alpha value is -2.53. The molecule has 0 aliphatic rings. The van der Waals surface area contributed by atoms with E-state index in [1.54, 1.807) is 18.2 Å². The van der Waals surface area contributed by atoms with Crippen LogP contribution >= 0.6 is 11.6 Å². The summed E-state index contributed by atoms with van der Waals surface area (Å²) in [5.41, 5.74) is 1.56. The summed E-state index contributed by atoms with van der Waals surface area (Å²) in [5.74, 6) is -0.148. The van der Waals surface area contributed by atoms with Gasteiger partial charge in [-0.2, -0.15) is 0 Å². The molecular weight excluding hydrogens is 314 g/mol. The Morgan fingerprint density at radius 2 is 1.61 bits per heavy atom. The maximum atomic E-state index is 11.7. The van der Waals surface area contributed by atoms with Crippen molar-refractivity contribution in [1.82, 2.24) is 10.6 Å². The van der Waals surface area contributed by atoms with E-state index in [-0.39, 0.29) is 24.9 Å². The Labute approximate surface area is 140 Å². The molecule has 0 aliphatic carbocycles. The van der Waals surface area contributed by atoms with Crippen LogP contribution in [0.3, 0.4) is 0 Å². The summed E-state index contributed by atoms with van der Waals surface area (Å²) in [6, 6.07) is 16.1. The van der Waals surface area contributed by atoms with Gasteiger partial charge in [-0.1, -0.05) is 48.0 Å². The van der Waals surface area contributed by atoms with Crippen molar-refractivity contribution in [3.8, 4) is 0 Å². The van der Waals surface area contributed by atoms with Crippen molar-refractivity contribution in [1.29, 1.82) is 0 Å². The molecule has 0 aromatic heterocycles. The van der Waals surface area contributed by atoms with Gasteiger partial charge >= 0.3 is 6.03 Å². The van der Waals surface area contributed by atoms with Crippen molar-refractivity contribution in [2.75, 3.05) is 11.9 Å². The van der Waals surface area contributed by atoms with Crippen LogP contribution in [-0.2, 0) is 11.3 Å². The molecule has 0 aliphatic heterocycles. The molecule has 0 bridgehead atoms. The van der Waals surface area contributed by atoms with Gasteiger partial charge in [0.2, 0.25) is 5.91 Å². The molecule has 0 spiro atoms. The number of anilines is 1. The van der Waals surface area contributed by atoms with E-state index in [9.17, 15) is 9.59 Å². The van der Waals surface area contributed by atoms with Crippen LogP contribution in [0.25, 0.3) is 0 Å². The third-order valence-electron chi connectivity index (χ3n) is 3.10. The van der Waals surface area contributed by atoms with E-state index in [2.05, 4.69) is 16.0 Å². The molecule has 0 atom stereocenters. The predicted molar refractivity (Wildman–Crippen MR) is 91.4 cm³/mol. The largest absolute Gasteiger partial charge is 0.352 e. The topological polar surface area (TPSA) is 70.2 Å². The third kappa shape index (κ3) is 6.00. The Balaban J connectivity index is 1.65. The number of hydrogen-bond acceptors (Lipinski definition) is 2. The number of amides is 3. The first-order valence-corrected chi connectivity index (χ1v) is 7.63. The monoisotopic (exact) mass is 331 g/mol. The lowest BCUT2D eigenvalue weighted by Gasteiger charge is -2.09. The molecule has 0 saturated heterocycles. The SMILES string of the molecule is O=C(CCNC(=O)Nc1ccccc1)NCc1ccccc1Cl. The highest BCUT2D eigenvalue weighted by molar-refractivity contribution is 6.31. The standard InChI is InChI=1S/C17H18ClN3O2/c18-15-9-5-4-6-13(15)12-20-16(22)10-11-19-17(23)21-14-7-2-1-3-8-14/h1-9H,10-12H2,(H,20,22)(H2,19,21,23). The summed E-state index contributed by atoms with van der Waals surface area (Å²) in [6.45, 7) is 0.627. The minimum absolute atomic E-state index is 0.148. The van der Waals surface area contributed by atoms with E-state index < -0.39 is 0 Å². The lowest BCUT2D eigenvalue weighted by molar-refractivity contribution is -0.121. The van der Waals surface area contributed by atoms with Crippen molar-refractivity contribution in [2.45, 2.75) is 13.0 Å². The van der Waals surface area contributed by atoms with Gasteiger partial charge in [0.05, 0.1) is 0 Å². The van der Waals surface area contributed by atoms with Gasteiger partial charge in [0.15, 0.2) is 0 Å². The normalized spacial score (nSPS) is 9.96. The second-order valence-electron chi connectivity index (χ2n) is 4.87. The molecule has 2 aromatic rings. The van der Waals surface area contributed by atoms with Gasteiger partial charge in [-0.25, -0.2) is 4.79 Å². The molecule has 23 heavy (non-hydrogen) atoms. The van der Waals surface area contributed by atoms with Gasteiger partial charge in [0, 0.05) is 30.2 Å². The second kappa shape index (κ2) is 8.80. The summed E-state index contributed by atoms with van der Waals surface area (Å²) in [6.07, 6.45) is 0.201. The van der Waals surface area contributed by atoms with Crippen molar-refractivity contribution < 1.29 is 9.59 Å². The van der Waals surface area contributed by atoms with E-state index in [1.807, 2.05) is 36.4 Å². The number of nitrogens with one attached hydrogen (secondary N) is 3. The fourth-order valence-electron chi connectivity index (χ4n) is 1.91. The first-order chi connectivity index (χ1) is 11.1. The predicted octanol–water partition coefficient (Wildman–Crippen LogP) is 3.17. The molecule has 0 saturated carbocycles. The van der Waals surface area contributed by atoms with Gasteiger partial charge in [-0.15, -0.1) is 0 Å². The highest BCUT2D eigenvalue weighted by atomic mass is 35.5. The molecule has 3 N–H and O–H groups in total. The van der Waals surface area contributed by atoms with Gasteiger partial charge in [0.1, 0.15) is 0 Å². The van der Waals surface area contributed by atoms with Gasteiger partial charge in [-0.3, -0.25) is 4.79 Å². The van der Waals surface area contributed by atoms with Crippen LogP contribution in [0.15, 0.2) is 54.6 Å². The number of hydrogen-bond donors (Lipinski definition) is 3. The summed E-state index contributed by atoms with van der Waals surface area (Å²) in [5, 5.41) is 8.70. The van der Waals surface area contributed by atoms with Gasteiger partial charge < -0.3 is 16.0 Å². The summed E-state index contributed by atoms with van der Waals surface area (Å²) in [4.78, 5) is 23.4. The number of rotatable bonds is 6. The van der Waals surface area contributed by atoms with Crippen molar-refractivity contribution >= 4 is 29.2 Å². The van der Waals surface area contributed by atoms with E-state index in [1.165, 1.54) is 0 Å². The van der Waals surface area contributed by atoms with Crippen LogP contribution in [0.2, 0.25) is 5.02 Å². The molecule has 6 heteroatoms.